The Morgan fingerprint density at radius 2 is 1.67 bits per heavy atom. The van der Waals surface area contributed by atoms with Crippen LogP contribution in [-0.2, 0) is 4.79 Å². The first kappa shape index (κ1) is 22.8. The Hall–Kier alpha value is -1.87. The molecule has 0 aromatic heterocycles. The molecule has 0 spiro atoms. The first-order chi connectivity index (χ1) is 14.3. The van der Waals surface area contributed by atoms with E-state index in [0.717, 1.165) is 39.0 Å². The van der Waals surface area contributed by atoms with Crippen LogP contribution in [0.25, 0.3) is 0 Å². The normalized spacial score (nSPS) is 21.1. The van der Waals surface area contributed by atoms with Crippen molar-refractivity contribution >= 4 is 29.2 Å². The predicted octanol–water partition coefficient (Wildman–Crippen LogP) is 1.45. The molecule has 9 heteroatoms. The first-order valence-electron chi connectivity index (χ1n) is 10.6. The fraction of sp³-hybridized carbons (Fsp3) is 0.619. The zero-order chi connectivity index (χ0) is 21.7. The number of nitrogens with one attached hydrogen (secondary N) is 2. The molecule has 3 N–H and O–H groups in total. The third kappa shape index (κ3) is 6.07. The summed E-state index contributed by atoms with van der Waals surface area (Å²) in [7, 11) is 2.15. The van der Waals surface area contributed by atoms with Crippen LogP contribution in [0.15, 0.2) is 24.3 Å². The molecule has 3 rings (SSSR count). The van der Waals surface area contributed by atoms with Gasteiger partial charge in [-0.1, -0.05) is 11.6 Å². The molecule has 3 amide bonds. The van der Waals surface area contributed by atoms with Crippen molar-refractivity contribution in [2.75, 3.05) is 51.6 Å². The van der Waals surface area contributed by atoms with Crippen molar-refractivity contribution < 1.29 is 14.7 Å². The van der Waals surface area contributed by atoms with Crippen molar-refractivity contribution in [1.82, 2.24) is 20.0 Å². The van der Waals surface area contributed by atoms with Crippen LogP contribution in [0.4, 0.5) is 10.5 Å². The number of aliphatic hydroxyl groups is 1. The van der Waals surface area contributed by atoms with Gasteiger partial charge in [0.1, 0.15) is 6.04 Å². The summed E-state index contributed by atoms with van der Waals surface area (Å²) in [6, 6.07) is 5.71. The number of anilines is 1. The van der Waals surface area contributed by atoms with Gasteiger partial charge >= 0.3 is 6.03 Å². The monoisotopic (exact) mass is 437 g/mol. The minimum Gasteiger partial charge on any atom is -0.391 e. The van der Waals surface area contributed by atoms with E-state index in [1.165, 1.54) is 6.92 Å². The van der Waals surface area contributed by atoms with Crippen LogP contribution < -0.4 is 10.6 Å². The third-order valence-corrected chi connectivity index (χ3v) is 6.22. The van der Waals surface area contributed by atoms with E-state index >= 15 is 0 Å². The van der Waals surface area contributed by atoms with Gasteiger partial charge in [0.15, 0.2) is 0 Å². The zero-order valence-electron chi connectivity index (χ0n) is 17.7. The number of hydrogen-bond acceptors (Lipinski definition) is 5. The molecule has 0 saturated carbocycles. The van der Waals surface area contributed by atoms with E-state index in [0.29, 0.717) is 29.8 Å². The lowest BCUT2D eigenvalue weighted by molar-refractivity contribution is -0.137. The van der Waals surface area contributed by atoms with E-state index in [1.54, 1.807) is 29.2 Å². The van der Waals surface area contributed by atoms with Gasteiger partial charge in [0.05, 0.1) is 6.10 Å². The summed E-state index contributed by atoms with van der Waals surface area (Å²) < 4.78 is 0. The quantitative estimate of drug-likeness (QED) is 0.649. The number of hydrogen-bond donors (Lipinski definition) is 3. The van der Waals surface area contributed by atoms with Crippen LogP contribution in [0.3, 0.4) is 0 Å². The summed E-state index contributed by atoms with van der Waals surface area (Å²) in [5, 5.41) is 16.0. The fourth-order valence-corrected chi connectivity index (χ4v) is 4.22. The number of halogens is 1. The number of aliphatic hydroxyl groups excluding tert-OH is 1. The van der Waals surface area contributed by atoms with Crippen LogP contribution in [0.1, 0.15) is 19.8 Å². The summed E-state index contributed by atoms with van der Waals surface area (Å²) in [6.45, 7) is 6.60. The highest BCUT2D eigenvalue weighted by Crippen LogP contribution is 2.18. The van der Waals surface area contributed by atoms with Gasteiger partial charge < -0.3 is 25.5 Å². The molecule has 2 fully saturated rings. The SMILES string of the molecule is C[C@H](O)[C@H](NC(=O)Nc1ccc(Cl)cc1)C(=O)N1CCN(C2CCN(C)CC2)CC1. The largest absolute Gasteiger partial charge is 0.391 e. The maximum atomic E-state index is 13.0. The van der Waals surface area contributed by atoms with Crippen LogP contribution in [0.2, 0.25) is 5.02 Å². The van der Waals surface area contributed by atoms with E-state index in [2.05, 4.69) is 27.5 Å². The molecule has 8 nitrogen and oxygen atoms in total. The van der Waals surface area contributed by atoms with E-state index in [1.807, 2.05) is 0 Å². The lowest BCUT2D eigenvalue weighted by Crippen LogP contribution is -2.59. The number of rotatable bonds is 5. The second kappa shape index (κ2) is 10.4. The smallest absolute Gasteiger partial charge is 0.319 e. The molecule has 30 heavy (non-hydrogen) atoms. The Bertz CT molecular complexity index is 714. The molecule has 166 valence electrons. The molecule has 2 atom stereocenters. The standard InChI is InChI=1S/C21H32ClN5O3/c1-15(28)19(24-21(30)23-17-5-3-16(22)4-6-17)20(29)27-13-11-26(12-14-27)18-7-9-25(2)10-8-18/h3-6,15,18-19,28H,7-14H2,1-2H3,(H2,23,24,30)/t15-,19-/m0/s1. The fourth-order valence-electron chi connectivity index (χ4n) is 4.09. The molecule has 0 radical (unpaired) electrons. The van der Waals surface area contributed by atoms with Gasteiger partial charge in [0.2, 0.25) is 5.91 Å². The predicted molar refractivity (Wildman–Crippen MR) is 118 cm³/mol. The van der Waals surface area contributed by atoms with Gasteiger partial charge in [-0.25, -0.2) is 4.79 Å². The highest BCUT2D eigenvalue weighted by atomic mass is 35.5. The van der Waals surface area contributed by atoms with Gasteiger partial charge in [-0.2, -0.15) is 0 Å². The Kier molecular flexibility index (Phi) is 7.93. The van der Waals surface area contributed by atoms with Gasteiger partial charge in [0.25, 0.3) is 0 Å². The Morgan fingerprint density at radius 1 is 1.07 bits per heavy atom. The Labute approximate surface area is 183 Å². The third-order valence-electron chi connectivity index (χ3n) is 5.97. The van der Waals surface area contributed by atoms with E-state index in [9.17, 15) is 14.7 Å². The van der Waals surface area contributed by atoms with E-state index in [4.69, 9.17) is 11.6 Å². The van der Waals surface area contributed by atoms with Crippen LogP contribution in [0, 0.1) is 0 Å². The summed E-state index contributed by atoms with van der Waals surface area (Å²) in [6.07, 6.45) is 1.32. The number of urea groups is 1. The number of piperazine rings is 1. The van der Waals surface area contributed by atoms with Crippen LogP contribution in [-0.4, -0.2) is 96.2 Å². The maximum Gasteiger partial charge on any atom is 0.319 e. The number of piperidine rings is 1. The maximum absolute atomic E-state index is 13.0. The van der Waals surface area contributed by atoms with Gasteiger partial charge in [0, 0.05) is 42.9 Å². The van der Waals surface area contributed by atoms with Gasteiger partial charge in [-0.3, -0.25) is 9.69 Å². The minimum absolute atomic E-state index is 0.251. The highest BCUT2D eigenvalue weighted by Gasteiger charge is 2.33. The molecule has 0 unspecified atom stereocenters. The van der Waals surface area contributed by atoms with E-state index < -0.39 is 18.2 Å². The summed E-state index contributed by atoms with van der Waals surface area (Å²) >= 11 is 5.85. The number of benzene rings is 1. The summed E-state index contributed by atoms with van der Waals surface area (Å²) in [4.78, 5) is 31.9. The molecule has 1 aromatic carbocycles. The van der Waals surface area contributed by atoms with Crippen molar-refractivity contribution in [2.24, 2.45) is 0 Å². The molecular formula is C21H32ClN5O3. The van der Waals surface area contributed by atoms with Crippen molar-refractivity contribution in [3.8, 4) is 0 Å². The van der Waals surface area contributed by atoms with Crippen LogP contribution in [0.5, 0.6) is 0 Å². The molecule has 0 aliphatic carbocycles. The number of likely N-dealkylation sites (tertiary alicyclic amines) is 1. The second-order valence-corrected chi connectivity index (χ2v) is 8.66. The van der Waals surface area contributed by atoms with E-state index in [-0.39, 0.29) is 5.91 Å². The molecule has 2 heterocycles. The van der Waals surface area contributed by atoms with Crippen molar-refractivity contribution in [3.63, 3.8) is 0 Å². The lowest BCUT2D eigenvalue weighted by atomic mass is 10.0. The van der Waals surface area contributed by atoms with Crippen molar-refractivity contribution in [1.29, 1.82) is 0 Å². The minimum atomic E-state index is -1.000. The average Bonchev–Trinajstić information content (AvgIpc) is 2.74. The molecule has 1 aromatic rings. The Morgan fingerprint density at radius 3 is 2.23 bits per heavy atom. The van der Waals surface area contributed by atoms with Crippen LogP contribution >= 0.6 is 11.6 Å². The first-order valence-corrected chi connectivity index (χ1v) is 10.9. The molecule has 2 aliphatic rings. The topological polar surface area (TPSA) is 88.1 Å². The number of nitrogens with zero attached hydrogens (tertiary/aromatic N) is 3. The molecule has 2 saturated heterocycles. The molecule has 2 aliphatic heterocycles. The number of carbonyl (C=O) groups is 2. The number of amides is 3. The highest BCUT2D eigenvalue weighted by molar-refractivity contribution is 6.30. The summed E-state index contributed by atoms with van der Waals surface area (Å²) in [5.74, 6) is -0.251. The van der Waals surface area contributed by atoms with Crippen molar-refractivity contribution in [3.05, 3.63) is 29.3 Å². The molecular weight excluding hydrogens is 406 g/mol. The molecule has 0 bridgehead atoms. The lowest BCUT2D eigenvalue weighted by Gasteiger charge is -2.43. The number of carbonyl (C=O) groups excluding carboxylic acids is 2. The summed E-state index contributed by atoms with van der Waals surface area (Å²) in [5.41, 5.74) is 0.556. The second-order valence-electron chi connectivity index (χ2n) is 8.22. The van der Waals surface area contributed by atoms with Gasteiger partial charge in [-0.05, 0) is 64.2 Å². The Balaban J connectivity index is 1.51. The zero-order valence-corrected chi connectivity index (χ0v) is 18.4. The van der Waals surface area contributed by atoms with Crippen molar-refractivity contribution in [2.45, 2.75) is 38.0 Å². The van der Waals surface area contributed by atoms with Gasteiger partial charge in [-0.15, -0.1) is 0 Å². The average molecular weight is 438 g/mol.